The fraction of sp³-hybridized carbons (Fsp3) is 0.500. The van der Waals surface area contributed by atoms with Crippen LogP contribution in [0, 0.1) is 0 Å². The minimum absolute atomic E-state index is 0.175. The van der Waals surface area contributed by atoms with Crippen molar-refractivity contribution in [1.29, 1.82) is 0 Å². The Balaban J connectivity index is 1.40. The Morgan fingerprint density at radius 2 is 1.85 bits per heavy atom. The molecule has 4 rings (SSSR count). The predicted octanol–water partition coefficient (Wildman–Crippen LogP) is 3.09. The average molecular weight is 370 g/mol. The molecule has 0 unspecified atom stereocenters. The van der Waals surface area contributed by atoms with Crippen LogP contribution in [-0.2, 0) is 5.41 Å². The van der Waals surface area contributed by atoms with Crippen molar-refractivity contribution in [2.75, 3.05) is 37.6 Å². The Labute approximate surface area is 159 Å². The van der Waals surface area contributed by atoms with Crippen LogP contribution in [0.1, 0.15) is 31.2 Å². The first-order chi connectivity index (χ1) is 12.8. The molecule has 138 valence electrons. The van der Waals surface area contributed by atoms with Crippen LogP contribution in [0.4, 0.5) is 5.13 Å². The Kier molecular flexibility index (Phi) is 5.11. The van der Waals surface area contributed by atoms with E-state index in [2.05, 4.69) is 45.1 Å². The van der Waals surface area contributed by atoms with E-state index in [1.54, 1.807) is 11.3 Å². The first kappa shape index (κ1) is 17.3. The van der Waals surface area contributed by atoms with E-state index in [1.165, 1.54) is 31.2 Å². The summed E-state index contributed by atoms with van der Waals surface area (Å²) in [5, 5.41) is 3.14. The molecule has 26 heavy (non-hydrogen) atoms. The summed E-state index contributed by atoms with van der Waals surface area (Å²) in [4.78, 5) is 13.8. The fourth-order valence-electron chi connectivity index (χ4n) is 4.21. The summed E-state index contributed by atoms with van der Waals surface area (Å²) in [5.74, 6) is 0.700. The highest BCUT2D eigenvalue weighted by Gasteiger charge is 2.35. The molecule has 2 fully saturated rings. The number of nitrogens with zero attached hydrogens (tertiary/aromatic N) is 4. The van der Waals surface area contributed by atoms with Crippen molar-refractivity contribution in [2.45, 2.75) is 31.1 Å². The summed E-state index contributed by atoms with van der Waals surface area (Å²) in [6.45, 7) is 4.52. The Hall–Kier alpha value is -2.08. The lowest BCUT2D eigenvalue weighted by Gasteiger charge is -2.35. The summed E-state index contributed by atoms with van der Waals surface area (Å²) in [6.07, 6.45) is 6.87. The minimum atomic E-state index is 0.175. The molecular formula is C20H27N5S. The summed E-state index contributed by atoms with van der Waals surface area (Å²) in [7, 11) is 0. The van der Waals surface area contributed by atoms with E-state index in [-0.39, 0.29) is 5.41 Å². The monoisotopic (exact) mass is 369 g/mol. The minimum Gasteiger partial charge on any atom is -0.370 e. The van der Waals surface area contributed by atoms with E-state index in [4.69, 9.17) is 10.7 Å². The van der Waals surface area contributed by atoms with Gasteiger partial charge in [0.15, 0.2) is 11.1 Å². The van der Waals surface area contributed by atoms with E-state index in [0.717, 1.165) is 37.9 Å². The number of anilines is 1. The SMILES string of the molecule is NC(=NCC1(c2ccccc2)CCCC1)N1CCN(c2nccs2)CC1. The molecule has 2 aromatic rings. The standard InChI is InChI=1S/C20H27N5S/c21-18(24-11-13-25(14-12-24)19-22-10-15-26-19)23-16-20(8-4-5-9-20)17-6-2-1-3-7-17/h1-3,6-7,10,15H,4-5,8-9,11-14,16H2,(H2,21,23). The molecule has 2 aliphatic rings. The smallest absolute Gasteiger partial charge is 0.191 e. The second-order valence-electron chi connectivity index (χ2n) is 7.32. The molecular weight excluding hydrogens is 342 g/mol. The van der Waals surface area contributed by atoms with Crippen LogP contribution >= 0.6 is 11.3 Å². The Bertz CT molecular complexity index is 714. The topological polar surface area (TPSA) is 57.8 Å². The van der Waals surface area contributed by atoms with Crippen LogP contribution in [-0.4, -0.2) is 48.6 Å². The molecule has 0 atom stereocenters. The molecule has 5 nitrogen and oxygen atoms in total. The highest BCUT2D eigenvalue weighted by atomic mass is 32.1. The van der Waals surface area contributed by atoms with E-state index in [9.17, 15) is 0 Å². The molecule has 1 aromatic heterocycles. The maximum absolute atomic E-state index is 6.37. The average Bonchev–Trinajstić information content (AvgIpc) is 3.40. The molecule has 0 radical (unpaired) electrons. The predicted molar refractivity (Wildman–Crippen MR) is 109 cm³/mol. The van der Waals surface area contributed by atoms with Crippen molar-refractivity contribution in [1.82, 2.24) is 9.88 Å². The number of guanidine groups is 1. The highest BCUT2D eigenvalue weighted by molar-refractivity contribution is 7.13. The van der Waals surface area contributed by atoms with Gasteiger partial charge in [-0.3, -0.25) is 4.99 Å². The zero-order valence-corrected chi connectivity index (χ0v) is 16.0. The number of hydrogen-bond acceptors (Lipinski definition) is 4. The second-order valence-corrected chi connectivity index (χ2v) is 8.19. The summed E-state index contributed by atoms with van der Waals surface area (Å²) in [6, 6.07) is 10.9. The lowest BCUT2D eigenvalue weighted by atomic mass is 9.79. The third-order valence-corrected chi connectivity index (χ3v) is 6.62. The zero-order chi connectivity index (χ0) is 17.8. The van der Waals surface area contributed by atoms with Crippen molar-refractivity contribution >= 4 is 22.4 Å². The molecule has 1 saturated heterocycles. The van der Waals surface area contributed by atoms with Crippen molar-refractivity contribution in [2.24, 2.45) is 10.7 Å². The molecule has 0 amide bonds. The Morgan fingerprint density at radius 3 is 2.50 bits per heavy atom. The van der Waals surface area contributed by atoms with E-state index < -0.39 is 0 Å². The third kappa shape index (κ3) is 3.56. The van der Waals surface area contributed by atoms with Crippen molar-refractivity contribution in [3.63, 3.8) is 0 Å². The highest BCUT2D eigenvalue weighted by Crippen LogP contribution is 2.41. The lowest BCUT2D eigenvalue weighted by molar-refractivity contribution is 0.376. The van der Waals surface area contributed by atoms with E-state index >= 15 is 0 Å². The maximum atomic E-state index is 6.37. The van der Waals surface area contributed by atoms with Crippen molar-refractivity contribution < 1.29 is 0 Å². The molecule has 0 spiro atoms. The lowest BCUT2D eigenvalue weighted by Crippen LogP contribution is -2.51. The number of thiazole rings is 1. The number of rotatable bonds is 4. The number of hydrogen-bond donors (Lipinski definition) is 1. The van der Waals surface area contributed by atoms with Gasteiger partial charge >= 0.3 is 0 Å². The summed E-state index contributed by atoms with van der Waals surface area (Å²) >= 11 is 1.70. The van der Waals surface area contributed by atoms with Gasteiger partial charge in [-0.2, -0.15) is 0 Å². The molecule has 1 aliphatic heterocycles. The number of aromatic nitrogens is 1. The van der Waals surface area contributed by atoms with Gasteiger partial charge in [-0.15, -0.1) is 11.3 Å². The molecule has 6 heteroatoms. The van der Waals surface area contributed by atoms with Crippen LogP contribution in [0.15, 0.2) is 46.9 Å². The van der Waals surface area contributed by atoms with Gasteiger partial charge < -0.3 is 15.5 Å². The van der Waals surface area contributed by atoms with E-state index in [0.29, 0.717) is 5.96 Å². The first-order valence-corrected chi connectivity index (χ1v) is 10.4. The molecule has 1 aromatic carbocycles. The van der Waals surface area contributed by atoms with Crippen LogP contribution in [0.2, 0.25) is 0 Å². The van der Waals surface area contributed by atoms with Crippen LogP contribution in [0.3, 0.4) is 0 Å². The molecule has 0 bridgehead atoms. The largest absolute Gasteiger partial charge is 0.370 e. The van der Waals surface area contributed by atoms with Crippen LogP contribution in [0.25, 0.3) is 0 Å². The quantitative estimate of drug-likeness (QED) is 0.665. The summed E-state index contributed by atoms with van der Waals surface area (Å²) < 4.78 is 0. The normalized spacial score (nSPS) is 20.5. The second kappa shape index (κ2) is 7.66. The number of aliphatic imine (C=N–C) groups is 1. The van der Waals surface area contributed by atoms with Gasteiger partial charge in [-0.25, -0.2) is 4.98 Å². The molecule has 1 aliphatic carbocycles. The number of nitrogens with two attached hydrogens (primary N) is 1. The van der Waals surface area contributed by atoms with Crippen molar-refractivity contribution in [3.05, 3.63) is 47.5 Å². The van der Waals surface area contributed by atoms with Gasteiger partial charge in [0, 0.05) is 43.2 Å². The van der Waals surface area contributed by atoms with Crippen LogP contribution < -0.4 is 10.6 Å². The summed E-state index contributed by atoms with van der Waals surface area (Å²) in [5.41, 5.74) is 7.97. The van der Waals surface area contributed by atoms with Crippen molar-refractivity contribution in [3.8, 4) is 0 Å². The molecule has 1 saturated carbocycles. The van der Waals surface area contributed by atoms with Gasteiger partial charge in [0.05, 0.1) is 6.54 Å². The molecule has 2 N–H and O–H groups in total. The van der Waals surface area contributed by atoms with Gasteiger partial charge in [-0.1, -0.05) is 43.2 Å². The fourth-order valence-corrected chi connectivity index (χ4v) is 4.91. The van der Waals surface area contributed by atoms with Gasteiger partial charge in [0.1, 0.15) is 0 Å². The molecule has 2 heterocycles. The first-order valence-electron chi connectivity index (χ1n) is 9.52. The maximum Gasteiger partial charge on any atom is 0.191 e. The van der Waals surface area contributed by atoms with Gasteiger partial charge in [0.2, 0.25) is 0 Å². The van der Waals surface area contributed by atoms with E-state index in [1.807, 2.05) is 11.6 Å². The Morgan fingerprint density at radius 1 is 1.12 bits per heavy atom. The number of benzene rings is 1. The van der Waals surface area contributed by atoms with Gasteiger partial charge in [-0.05, 0) is 18.4 Å². The third-order valence-electron chi connectivity index (χ3n) is 5.78. The number of piperazine rings is 1. The zero-order valence-electron chi connectivity index (χ0n) is 15.2. The van der Waals surface area contributed by atoms with Gasteiger partial charge in [0.25, 0.3) is 0 Å². The van der Waals surface area contributed by atoms with Crippen LogP contribution in [0.5, 0.6) is 0 Å².